The molecule has 0 N–H and O–H groups in total. The number of fused-ring (bicyclic) bond motifs is 6. The first-order valence-electron chi connectivity index (χ1n) is 15.3. The van der Waals surface area contributed by atoms with Gasteiger partial charge in [-0.15, -0.1) is 0 Å². The summed E-state index contributed by atoms with van der Waals surface area (Å²) in [7, 11) is 1.54. The van der Waals surface area contributed by atoms with E-state index in [0.29, 0.717) is 5.92 Å². The van der Waals surface area contributed by atoms with Crippen molar-refractivity contribution in [3.8, 4) is 0 Å². The molecule has 0 radical (unpaired) electrons. The molecule has 6 fully saturated rings. The SMILES string of the molecule is COC(=O)[C@]12CCC(C)(C)C[C@H]1[C@@]1(/C=C/[C@]34O[C@@]3(C)CCC3C(C)(C)[C@@H](OC(C)=O)CC[C@@]34C)O[C@@]1(C)CC2. The van der Waals surface area contributed by atoms with Crippen molar-refractivity contribution in [3.05, 3.63) is 12.2 Å². The normalized spacial score (nSPS) is 52.5. The Labute approximate surface area is 234 Å². The van der Waals surface area contributed by atoms with E-state index in [0.717, 1.165) is 57.8 Å². The maximum atomic E-state index is 13.4. The highest BCUT2D eigenvalue weighted by Gasteiger charge is 2.81. The number of hydrogen-bond acceptors (Lipinski definition) is 6. The molecule has 6 aliphatic rings. The topological polar surface area (TPSA) is 77.7 Å². The van der Waals surface area contributed by atoms with Gasteiger partial charge in [0.15, 0.2) is 0 Å². The molecular formula is C33H50O6. The summed E-state index contributed by atoms with van der Waals surface area (Å²) in [4.78, 5) is 25.4. The minimum atomic E-state index is -0.487. The lowest BCUT2D eigenvalue weighted by Gasteiger charge is -2.58. The zero-order valence-electron chi connectivity index (χ0n) is 25.7. The van der Waals surface area contributed by atoms with E-state index in [1.807, 2.05) is 0 Å². The average molecular weight is 543 g/mol. The molecule has 2 heterocycles. The minimum Gasteiger partial charge on any atom is -0.469 e. The number of hydrogen-bond donors (Lipinski definition) is 0. The minimum absolute atomic E-state index is 0.0609. The zero-order valence-corrected chi connectivity index (χ0v) is 25.7. The standard InChI is InChI=1S/C33H50O6/c1-21(34)37-24-11-12-28(6)22(27(24,4)5)10-13-30(8)33(28,39-30)19-18-32-23-20-26(2,3)14-16-31(23,25(35)36-9)17-15-29(32,7)38-32/h18-19,22-24H,10-17,20H2,1-9H3/b19-18+/t22?,23-,24+,28+,29+,30+,31+,32-,33-/m1/s1. The molecule has 0 aromatic heterocycles. The van der Waals surface area contributed by atoms with Crippen molar-refractivity contribution in [2.45, 2.75) is 142 Å². The first kappa shape index (κ1) is 27.8. The van der Waals surface area contributed by atoms with E-state index >= 15 is 0 Å². The first-order valence-corrected chi connectivity index (χ1v) is 15.3. The summed E-state index contributed by atoms with van der Waals surface area (Å²) >= 11 is 0. The van der Waals surface area contributed by atoms with Gasteiger partial charge in [0, 0.05) is 23.7 Å². The molecule has 0 aromatic carbocycles. The van der Waals surface area contributed by atoms with Crippen LogP contribution in [-0.4, -0.2) is 47.6 Å². The summed E-state index contributed by atoms with van der Waals surface area (Å²) in [6, 6.07) is 0. The van der Waals surface area contributed by atoms with Crippen molar-refractivity contribution in [2.24, 2.45) is 33.5 Å². The third-order valence-electron chi connectivity index (χ3n) is 13.2. The summed E-state index contributed by atoms with van der Waals surface area (Å²) in [5.74, 6) is 0.192. The highest BCUT2D eigenvalue weighted by Crippen LogP contribution is 2.75. The van der Waals surface area contributed by atoms with Gasteiger partial charge in [0.25, 0.3) is 0 Å². The molecule has 2 saturated heterocycles. The van der Waals surface area contributed by atoms with Crippen molar-refractivity contribution in [3.63, 3.8) is 0 Å². The molecule has 6 rings (SSSR count). The molecule has 9 atom stereocenters. The highest BCUT2D eigenvalue weighted by molar-refractivity contribution is 5.78. The summed E-state index contributed by atoms with van der Waals surface area (Å²) in [6.07, 6.45) is 13.0. The van der Waals surface area contributed by atoms with Crippen LogP contribution in [0.15, 0.2) is 12.2 Å². The Morgan fingerprint density at radius 2 is 1.49 bits per heavy atom. The second-order valence-electron chi connectivity index (χ2n) is 16.1. The van der Waals surface area contributed by atoms with Gasteiger partial charge in [-0.1, -0.05) is 46.8 Å². The second-order valence-corrected chi connectivity index (χ2v) is 16.1. The number of ether oxygens (including phenoxy) is 4. The molecular weight excluding hydrogens is 492 g/mol. The van der Waals surface area contributed by atoms with Crippen LogP contribution in [0.2, 0.25) is 0 Å². The van der Waals surface area contributed by atoms with Crippen molar-refractivity contribution in [2.75, 3.05) is 7.11 Å². The van der Waals surface area contributed by atoms with Gasteiger partial charge in [-0.2, -0.15) is 0 Å². The Morgan fingerprint density at radius 3 is 2.15 bits per heavy atom. The van der Waals surface area contributed by atoms with Crippen molar-refractivity contribution >= 4 is 11.9 Å². The van der Waals surface area contributed by atoms with Gasteiger partial charge in [-0.05, 0) is 83.0 Å². The van der Waals surface area contributed by atoms with Crippen molar-refractivity contribution in [1.29, 1.82) is 0 Å². The molecule has 0 amide bonds. The van der Waals surface area contributed by atoms with Gasteiger partial charge < -0.3 is 18.9 Å². The quantitative estimate of drug-likeness (QED) is 0.228. The van der Waals surface area contributed by atoms with Crippen LogP contribution in [0, 0.1) is 33.5 Å². The summed E-state index contributed by atoms with van der Waals surface area (Å²) in [5.41, 5.74) is -1.91. The molecule has 0 spiro atoms. The van der Waals surface area contributed by atoms with Crippen LogP contribution in [0.5, 0.6) is 0 Å². The molecule has 0 bridgehead atoms. The first-order chi connectivity index (χ1) is 18.0. The van der Waals surface area contributed by atoms with Crippen molar-refractivity contribution < 1.29 is 28.5 Å². The Kier molecular flexibility index (Phi) is 5.63. The Balaban J connectivity index is 1.38. The summed E-state index contributed by atoms with van der Waals surface area (Å²) in [6.45, 7) is 17.7. The molecule has 6 heteroatoms. The lowest BCUT2D eigenvalue weighted by Crippen LogP contribution is -2.60. The molecule has 39 heavy (non-hydrogen) atoms. The van der Waals surface area contributed by atoms with E-state index < -0.39 is 16.6 Å². The smallest absolute Gasteiger partial charge is 0.312 e. The van der Waals surface area contributed by atoms with Crippen LogP contribution in [-0.2, 0) is 28.5 Å². The van der Waals surface area contributed by atoms with Gasteiger partial charge in [0.1, 0.15) is 17.3 Å². The molecule has 1 unspecified atom stereocenters. The number of carbonyl (C=O) groups is 2. The maximum absolute atomic E-state index is 13.4. The second kappa shape index (κ2) is 7.91. The van der Waals surface area contributed by atoms with E-state index in [-0.39, 0.29) is 51.4 Å². The molecule has 218 valence electrons. The average Bonchev–Trinajstić information content (AvgIpc) is 3.69. The van der Waals surface area contributed by atoms with Crippen LogP contribution in [0.1, 0.15) is 113 Å². The monoisotopic (exact) mass is 542 g/mol. The molecule has 6 nitrogen and oxygen atoms in total. The number of rotatable bonds is 4. The lowest BCUT2D eigenvalue weighted by molar-refractivity contribution is -0.174. The fourth-order valence-electron chi connectivity index (χ4n) is 10.7. The third kappa shape index (κ3) is 3.40. The van der Waals surface area contributed by atoms with E-state index in [9.17, 15) is 9.59 Å². The Morgan fingerprint density at radius 1 is 0.795 bits per heavy atom. The van der Waals surface area contributed by atoms with Gasteiger partial charge >= 0.3 is 11.9 Å². The van der Waals surface area contributed by atoms with Crippen LogP contribution < -0.4 is 0 Å². The van der Waals surface area contributed by atoms with E-state index in [1.165, 1.54) is 14.0 Å². The fraction of sp³-hybridized carbons (Fsp3) is 0.879. The van der Waals surface area contributed by atoms with Crippen LogP contribution in [0.25, 0.3) is 0 Å². The van der Waals surface area contributed by atoms with E-state index in [4.69, 9.17) is 18.9 Å². The lowest BCUT2D eigenvalue weighted by atomic mass is 9.45. The van der Waals surface area contributed by atoms with Gasteiger partial charge in [-0.25, -0.2) is 0 Å². The van der Waals surface area contributed by atoms with Gasteiger partial charge in [-0.3, -0.25) is 9.59 Å². The predicted octanol–water partition coefficient (Wildman–Crippen LogP) is 6.55. The predicted molar refractivity (Wildman–Crippen MR) is 148 cm³/mol. The van der Waals surface area contributed by atoms with Crippen LogP contribution in [0.3, 0.4) is 0 Å². The largest absolute Gasteiger partial charge is 0.469 e. The van der Waals surface area contributed by atoms with E-state index in [2.05, 4.69) is 60.6 Å². The highest BCUT2D eigenvalue weighted by atomic mass is 16.6. The molecule has 0 aromatic rings. The number of esters is 2. The Bertz CT molecular complexity index is 1130. The van der Waals surface area contributed by atoms with E-state index in [1.54, 1.807) is 0 Å². The number of methoxy groups -OCH3 is 1. The molecule has 2 aliphatic heterocycles. The van der Waals surface area contributed by atoms with Crippen LogP contribution in [0.4, 0.5) is 0 Å². The van der Waals surface area contributed by atoms with Gasteiger partial charge in [0.05, 0.1) is 23.7 Å². The summed E-state index contributed by atoms with van der Waals surface area (Å²) in [5, 5.41) is 0. The number of carbonyl (C=O) groups excluding carboxylic acids is 2. The van der Waals surface area contributed by atoms with Gasteiger partial charge in [0.2, 0.25) is 0 Å². The fourth-order valence-corrected chi connectivity index (χ4v) is 10.7. The zero-order chi connectivity index (χ0) is 28.5. The number of epoxide rings is 2. The maximum Gasteiger partial charge on any atom is 0.312 e. The third-order valence-corrected chi connectivity index (χ3v) is 13.2. The summed E-state index contributed by atoms with van der Waals surface area (Å²) < 4.78 is 25.0. The molecule has 4 aliphatic carbocycles. The van der Waals surface area contributed by atoms with Crippen molar-refractivity contribution in [1.82, 2.24) is 0 Å². The Hall–Kier alpha value is -1.40. The molecule has 4 saturated carbocycles. The van der Waals surface area contributed by atoms with Crippen LogP contribution >= 0.6 is 0 Å².